The predicted octanol–water partition coefficient (Wildman–Crippen LogP) is 6.42. The van der Waals surface area contributed by atoms with Gasteiger partial charge in [-0.3, -0.25) is 0 Å². The van der Waals surface area contributed by atoms with E-state index in [4.69, 9.17) is 0 Å². The highest BCUT2D eigenvalue weighted by molar-refractivity contribution is 5.66. The van der Waals surface area contributed by atoms with E-state index in [0.717, 1.165) is 12.8 Å². The van der Waals surface area contributed by atoms with Gasteiger partial charge in [-0.15, -0.1) is 11.8 Å². The molecule has 2 aliphatic rings. The fourth-order valence-electron chi connectivity index (χ4n) is 4.61. The number of hydrogen-bond acceptors (Lipinski definition) is 0. The van der Waals surface area contributed by atoms with Crippen molar-refractivity contribution in [2.75, 3.05) is 0 Å². The van der Waals surface area contributed by atoms with E-state index in [1.165, 1.54) is 22.3 Å². The van der Waals surface area contributed by atoms with Crippen LogP contribution >= 0.6 is 0 Å². The van der Waals surface area contributed by atoms with Crippen LogP contribution in [-0.4, -0.2) is 0 Å². The molecule has 0 radical (unpaired) electrons. The van der Waals surface area contributed by atoms with E-state index in [-0.39, 0.29) is 5.41 Å². The molecule has 0 nitrogen and oxygen atoms in total. The van der Waals surface area contributed by atoms with E-state index in [1.54, 1.807) is 0 Å². The van der Waals surface area contributed by atoms with Crippen LogP contribution in [0.15, 0.2) is 60.7 Å². The fourth-order valence-corrected chi connectivity index (χ4v) is 4.61. The maximum Gasteiger partial charge on any atom is 0.00944 e. The van der Waals surface area contributed by atoms with Crippen molar-refractivity contribution >= 4 is 12.2 Å². The Balaban J connectivity index is 1.78. The van der Waals surface area contributed by atoms with Gasteiger partial charge in [0, 0.05) is 18.3 Å². The molecule has 0 bridgehead atoms. The van der Waals surface area contributed by atoms with Crippen LogP contribution in [0.4, 0.5) is 0 Å². The van der Waals surface area contributed by atoms with Gasteiger partial charge in [-0.1, -0.05) is 79.8 Å². The van der Waals surface area contributed by atoms with Crippen LogP contribution in [0, 0.1) is 17.3 Å². The average Bonchev–Trinajstić information content (AvgIpc) is 3.26. The van der Waals surface area contributed by atoms with Crippen molar-refractivity contribution < 1.29 is 0 Å². The molecule has 0 fully saturated rings. The summed E-state index contributed by atoms with van der Waals surface area (Å²) in [6.45, 7) is 4.39. The molecule has 0 heterocycles. The van der Waals surface area contributed by atoms with E-state index in [9.17, 15) is 0 Å². The van der Waals surface area contributed by atoms with E-state index in [2.05, 4.69) is 91.6 Å². The molecule has 0 aromatic heterocycles. The molecule has 2 aliphatic carbocycles. The Bertz CT molecular complexity index is 839. The first kappa shape index (κ1) is 16.0. The van der Waals surface area contributed by atoms with Crippen molar-refractivity contribution in [3.05, 3.63) is 82.9 Å². The monoisotopic (exact) mass is 324 g/mol. The van der Waals surface area contributed by atoms with Crippen LogP contribution in [0.2, 0.25) is 0 Å². The molecular formula is C25H24. The summed E-state index contributed by atoms with van der Waals surface area (Å²) in [5.74, 6) is 7.24. The smallest absolute Gasteiger partial charge is 0.00944 e. The van der Waals surface area contributed by atoms with Gasteiger partial charge >= 0.3 is 0 Å². The summed E-state index contributed by atoms with van der Waals surface area (Å²) < 4.78 is 0. The quantitative estimate of drug-likeness (QED) is 0.569. The van der Waals surface area contributed by atoms with Crippen molar-refractivity contribution in [2.24, 2.45) is 5.41 Å². The first-order valence-electron chi connectivity index (χ1n) is 9.18. The topological polar surface area (TPSA) is 0 Å². The first-order chi connectivity index (χ1) is 12.2. The van der Waals surface area contributed by atoms with Crippen LogP contribution in [0.3, 0.4) is 0 Å². The van der Waals surface area contributed by atoms with Gasteiger partial charge in [-0.25, -0.2) is 0 Å². The SMILES string of the molecule is CC#CCCC(C)(C1C=Cc2ccccc21)C1C=Cc2ccccc21. The molecule has 0 saturated heterocycles. The lowest BCUT2D eigenvalue weighted by Gasteiger charge is -2.41. The highest BCUT2D eigenvalue weighted by Crippen LogP contribution is 2.56. The van der Waals surface area contributed by atoms with Gasteiger partial charge in [0.2, 0.25) is 0 Å². The number of allylic oxidation sites excluding steroid dienone is 2. The highest BCUT2D eigenvalue weighted by atomic mass is 14.5. The van der Waals surface area contributed by atoms with Gasteiger partial charge < -0.3 is 0 Å². The lowest BCUT2D eigenvalue weighted by atomic mass is 9.62. The Morgan fingerprint density at radius 1 is 0.840 bits per heavy atom. The summed E-state index contributed by atoms with van der Waals surface area (Å²) >= 11 is 0. The fraction of sp³-hybridized carbons (Fsp3) is 0.280. The highest BCUT2D eigenvalue weighted by Gasteiger charge is 2.43. The summed E-state index contributed by atoms with van der Waals surface area (Å²) in [5, 5.41) is 0. The standard InChI is InChI=1S/C25H24/c1-3-4-9-18-25(2,23-16-14-19-10-5-7-12-21(19)23)24-17-15-20-11-6-8-13-22(20)24/h5-8,10-17,23-24H,9,18H2,1-2H3. The van der Waals surface area contributed by atoms with Crippen molar-refractivity contribution in [1.82, 2.24) is 0 Å². The molecule has 0 amide bonds. The number of fused-ring (bicyclic) bond motifs is 2. The van der Waals surface area contributed by atoms with Crippen molar-refractivity contribution in [3.8, 4) is 11.8 Å². The Hall–Kier alpha value is -2.52. The molecular weight excluding hydrogens is 300 g/mol. The average molecular weight is 324 g/mol. The Morgan fingerprint density at radius 3 is 1.88 bits per heavy atom. The van der Waals surface area contributed by atoms with Crippen LogP contribution in [0.5, 0.6) is 0 Å². The van der Waals surface area contributed by atoms with E-state index >= 15 is 0 Å². The second-order valence-corrected chi connectivity index (χ2v) is 7.36. The van der Waals surface area contributed by atoms with E-state index in [0.29, 0.717) is 11.8 Å². The summed E-state index contributed by atoms with van der Waals surface area (Å²) in [5.41, 5.74) is 5.79. The predicted molar refractivity (Wildman–Crippen MR) is 107 cm³/mol. The first-order valence-corrected chi connectivity index (χ1v) is 9.18. The molecule has 2 aromatic carbocycles. The number of rotatable bonds is 4. The number of hydrogen-bond donors (Lipinski definition) is 0. The molecule has 0 N–H and O–H groups in total. The van der Waals surface area contributed by atoms with Crippen LogP contribution in [0.1, 0.15) is 60.8 Å². The Morgan fingerprint density at radius 2 is 1.36 bits per heavy atom. The molecule has 0 aliphatic heterocycles. The minimum atomic E-state index is 0.121. The van der Waals surface area contributed by atoms with E-state index < -0.39 is 0 Å². The normalized spacial score (nSPS) is 22.0. The molecule has 25 heavy (non-hydrogen) atoms. The maximum atomic E-state index is 3.30. The molecule has 2 unspecified atom stereocenters. The Labute approximate surface area is 151 Å². The van der Waals surface area contributed by atoms with Crippen LogP contribution < -0.4 is 0 Å². The van der Waals surface area contributed by atoms with Gasteiger partial charge in [0.15, 0.2) is 0 Å². The molecule has 4 rings (SSSR count). The largest absolute Gasteiger partial charge is 0.107 e. The van der Waals surface area contributed by atoms with Crippen molar-refractivity contribution in [2.45, 2.75) is 38.5 Å². The van der Waals surface area contributed by atoms with Gasteiger partial charge in [0.1, 0.15) is 0 Å². The van der Waals surface area contributed by atoms with E-state index in [1.807, 2.05) is 6.92 Å². The third-order valence-corrected chi connectivity index (χ3v) is 5.99. The minimum Gasteiger partial charge on any atom is -0.107 e. The second kappa shape index (κ2) is 6.41. The van der Waals surface area contributed by atoms with Gasteiger partial charge in [-0.2, -0.15) is 0 Å². The summed E-state index contributed by atoms with van der Waals surface area (Å²) in [4.78, 5) is 0. The lowest BCUT2D eigenvalue weighted by molar-refractivity contribution is 0.237. The van der Waals surface area contributed by atoms with Crippen molar-refractivity contribution in [3.63, 3.8) is 0 Å². The third-order valence-electron chi connectivity index (χ3n) is 5.99. The number of benzene rings is 2. The van der Waals surface area contributed by atoms with Crippen molar-refractivity contribution in [1.29, 1.82) is 0 Å². The lowest BCUT2D eigenvalue weighted by Crippen LogP contribution is -2.30. The van der Waals surface area contributed by atoms with Gasteiger partial charge in [0.25, 0.3) is 0 Å². The summed E-state index contributed by atoms with van der Waals surface area (Å²) in [7, 11) is 0. The molecule has 124 valence electrons. The third kappa shape index (κ3) is 2.65. The molecule has 0 spiro atoms. The molecule has 0 heteroatoms. The van der Waals surface area contributed by atoms with Gasteiger partial charge in [0.05, 0.1) is 0 Å². The Kier molecular flexibility index (Phi) is 4.10. The zero-order valence-electron chi connectivity index (χ0n) is 15.0. The zero-order chi connectivity index (χ0) is 17.3. The molecule has 2 aromatic rings. The molecule has 2 atom stereocenters. The van der Waals surface area contributed by atoms with Gasteiger partial charge in [-0.05, 0) is 41.0 Å². The summed E-state index contributed by atoms with van der Waals surface area (Å²) in [6, 6.07) is 17.7. The zero-order valence-corrected chi connectivity index (χ0v) is 15.0. The summed E-state index contributed by atoms with van der Waals surface area (Å²) in [6.07, 6.45) is 11.5. The van der Waals surface area contributed by atoms with Crippen LogP contribution in [0.25, 0.3) is 12.2 Å². The maximum absolute atomic E-state index is 3.30. The van der Waals surface area contributed by atoms with Crippen LogP contribution in [-0.2, 0) is 0 Å². The minimum absolute atomic E-state index is 0.121. The second-order valence-electron chi connectivity index (χ2n) is 7.36. The molecule has 0 saturated carbocycles.